The van der Waals surface area contributed by atoms with Gasteiger partial charge in [-0.1, -0.05) is 22.0 Å². The van der Waals surface area contributed by atoms with Gasteiger partial charge in [-0.3, -0.25) is 4.79 Å². The predicted octanol–water partition coefficient (Wildman–Crippen LogP) is 4.17. The molecule has 0 atom stereocenters. The van der Waals surface area contributed by atoms with E-state index in [1.807, 2.05) is 12.1 Å². The van der Waals surface area contributed by atoms with Gasteiger partial charge in [0, 0.05) is 14.6 Å². The number of amides is 1. The van der Waals surface area contributed by atoms with Crippen molar-refractivity contribution >= 4 is 43.5 Å². The van der Waals surface area contributed by atoms with E-state index in [-0.39, 0.29) is 17.2 Å². The molecule has 0 aliphatic rings. The number of benzene rings is 2. The number of aromatic hydroxyl groups is 1. The number of phenolic OH excluding ortho intramolecular Hbond substituents is 1. The van der Waals surface area contributed by atoms with Gasteiger partial charge in [0.25, 0.3) is 5.91 Å². The third-order valence-electron chi connectivity index (χ3n) is 2.32. The Kier molecular flexibility index (Phi) is 4.04. The third-order valence-corrected chi connectivity index (χ3v) is 3.51. The van der Waals surface area contributed by atoms with Crippen molar-refractivity contribution in [2.45, 2.75) is 0 Å². The van der Waals surface area contributed by atoms with Crippen LogP contribution in [-0.2, 0) is 0 Å². The van der Waals surface area contributed by atoms with E-state index in [4.69, 9.17) is 0 Å². The summed E-state index contributed by atoms with van der Waals surface area (Å²) in [7, 11) is 0. The first kappa shape index (κ1) is 13.1. The number of hydrogen-bond acceptors (Lipinski definition) is 2. The van der Waals surface area contributed by atoms with E-state index < -0.39 is 0 Å². The zero-order valence-electron chi connectivity index (χ0n) is 9.15. The van der Waals surface area contributed by atoms with Gasteiger partial charge in [-0.2, -0.15) is 0 Å². The average molecular weight is 371 g/mol. The smallest absolute Gasteiger partial charge is 0.260 e. The first-order chi connectivity index (χ1) is 8.58. The molecular formula is C13H9Br2NO2. The zero-order valence-corrected chi connectivity index (χ0v) is 12.3. The molecule has 2 rings (SSSR count). The molecular weight excluding hydrogens is 362 g/mol. The van der Waals surface area contributed by atoms with E-state index in [9.17, 15) is 9.90 Å². The van der Waals surface area contributed by atoms with Crippen LogP contribution in [0.25, 0.3) is 0 Å². The second kappa shape index (κ2) is 5.54. The zero-order chi connectivity index (χ0) is 13.1. The van der Waals surface area contributed by atoms with Gasteiger partial charge in [0.15, 0.2) is 0 Å². The summed E-state index contributed by atoms with van der Waals surface area (Å²) in [6, 6.07) is 12.0. The molecule has 0 aliphatic carbocycles. The minimum Gasteiger partial charge on any atom is -0.507 e. The fourth-order valence-corrected chi connectivity index (χ4v) is 2.26. The van der Waals surface area contributed by atoms with Crippen LogP contribution in [-0.4, -0.2) is 11.0 Å². The minimum atomic E-state index is -0.359. The van der Waals surface area contributed by atoms with Crippen LogP contribution in [0.15, 0.2) is 51.4 Å². The fraction of sp³-hybridized carbons (Fsp3) is 0. The van der Waals surface area contributed by atoms with Gasteiger partial charge in [0.05, 0.1) is 5.56 Å². The quantitative estimate of drug-likeness (QED) is 0.833. The molecule has 0 aliphatic heterocycles. The SMILES string of the molecule is O=C(Nc1ccc(Br)cc1)c1c(O)cccc1Br. The molecule has 0 fully saturated rings. The second-order valence-electron chi connectivity index (χ2n) is 3.59. The first-order valence-electron chi connectivity index (χ1n) is 5.12. The monoisotopic (exact) mass is 369 g/mol. The normalized spacial score (nSPS) is 10.1. The molecule has 0 saturated heterocycles. The van der Waals surface area contributed by atoms with Gasteiger partial charge in [0.1, 0.15) is 5.75 Å². The molecule has 3 nitrogen and oxygen atoms in total. The number of halogens is 2. The minimum absolute atomic E-state index is 0.0565. The number of carbonyl (C=O) groups is 1. The summed E-state index contributed by atoms with van der Waals surface area (Å²) in [6.45, 7) is 0. The highest BCUT2D eigenvalue weighted by molar-refractivity contribution is 9.10. The molecule has 92 valence electrons. The molecule has 0 aromatic heterocycles. The molecule has 2 aromatic rings. The second-order valence-corrected chi connectivity index (χ2v) is 5.36. The Hall–Kier alpha value is -1.33. The van der Waals surface area contributed by atoms with Crippen molar-refractivity contribution in [2.75, 3.05) is 5.32 Å². The van der Waals surface area contributed by atoms with Crippen LogP contribution < -0.4 is 5.32 Å². The highest BCUT2D eigenvalue weighted by Crippen LogP contribution is 2.26. The summed E-state index contributed by atoms with van der Waals surface area (Å²) in [5.74, 6) is -0.415. The Morgan fingerprint density at radius 3 is 2.33 bits per heavy atom. The first-order valence-corrected chi connectivity index (χ1v) is 6.71. The standard InChI is InChI=1S/C13H9Br2NO2/c14-8-4-6-9(7-5-8)16-13(18)12-10(15)2-1-3-11(12)17/h1-7,17H,(H,16,18). The molecule has 2 N–H and O–H groups in total. The summed E-state index contributed by atoms with van der Waals surface area (Å²) >= 11 is 6.56. The van der Waals surface area contributed by atoms with E-state index in [2.05, 4.69) is 37.2 Å². The Bertz CT molecular complexity index is 562. The third kappa shape index (κ3) is 2.91. The molecule has 2 aromatic carbocycles. The van der Waals surface area contributed by atoms with Crippen molar-refractivity contribution in [1.29, 1.82) is 0 Å². The lowest BCUT2D eigenvalue weighted by Gasteiger charge is -2.08. The summed E-state index contributed by atoms with van der Waals surface area (Å²) in [6.07, 6.45) is 0. The van der Waals surface area contributed by atoms with Crippen molar-refractivity contribution in [3.8, 4) is 5.75 Å². The summed E-state index contributed by atoms with van der Waals surface area (Å²) in [5, 5.41) is 12.4. The number of hydrogen-bond donors (Lipinski definition) is 2. The Morgan fingerprint density at radius 1 is 1.06 bits per heavy atom. The largest absolute Gasteiger partial charge is 0.507 e. The average Bonchev–Trinajstić information content (AvgIpc) is 2.32. The molecule has 0 saturated carbocycles. The topological polar surface area (TPSA) is 49.3 Å². The highest BCUT2D eigenvalue weighted by atomic mass is 79.9. The van der Waals surface area contributed by atoms with E-state index in [1.165, 1.54) is 6.07 Å². The van der Waals surface area contributed by atoms with Gasteiger partial charge in [-0.05, 0) is 52.3 Å². The predicted molar refractivity (Wildman–Crippen MR) is 77.9 cm³/mol. The number of rotatable bonds is 2. The van der Waals surface area contributed by atoms with E-state index in [0.717, 1.165) is 4.47 Å². The van der Waals surface area contributed by atoms with E-state index in [0.29, 0.717) is 10.2 Å². The number of anilines is 1. The van der Waals surface area contributed by atoms with Gasteiger partial charge in [0.2, 0.25) is 0 Å². The lowest BCUT2D eigenvalue weighted by Crippen LogP contribution is -2.12. The van der Waals surface area contributed by atoms with Crippen LogP contribution in [0.4, 0.5) is 5.69 Å². The molecule has 0 unspecified atom stereocenters. The number of carbonyl (C=O) groups excluding carboxylic acids is 1. The molecule has 0 radical (unpaired) electrons. The van der Waals surface area contributed by atoms with Crippen molar-refractivity contribution in [2.24, 2.45) is 0 Å². The van der Waals surface area contributed by atoms with Crippen molar-refractivity contribution in [1.82, 2.24) is 0 Å². The van der Waals surface area contributed by atoms with Crippen LogP contribution >= 0.6 is 31.9 Å². The maximum atomic E-state index is 12.0. The Morgan fingerprint density at radius 2 is 1.72 bits per heavy atom. The lowest BCUT2D eigenvalue weighted by atomic mass is 10.2. The number of nitrogens with one attached hydrogen (secondary N) is 1. The van der Waals surface area contributed by atoms with Gasteiger partial charge in [-0.25, -0.2) is 0 Å². The maximum Gasteiger partial charge on any atom is 0.260 e. The molecule has 0 spiro atoms. The fourth-order valence-electron chi connectivity index (χ4n) is 1.46. The van der Waals surface area contributed by atoms with Crippen LogP contribution in [0.5, 0.6) is 5.75 Å². The van der Waals surface area contributed by atoms with Crippen molar-refractivity contribution in [3.63, 3.8) is 0 Å². The summed E-state index contributed by atoms with van der Waals surface area (Å²) in [4.78, 5) is 12.0. The van der Waals surface area contributed by atoms with Gasteiger partial charge in [-0.15, -0.1) is 0 Å². The van der Waals surface area contributed by atoms with E-state index in [1.54, 1.807) is 24.3 Å². The van der Waals surface area contributed by atoms with Crippen LogP contribution in [0.2, 0.25) is 0 Å². The molecule has 1 amide bonds. The molecule has 0 bridgehead atoms. The lowest BCUT2D eigenvalue weighted by molar-refractivity contribution is 0.102. The Balaban J connectivity index is 2.25. The van der Waals surface area contributed by atoms with Gasteiger partial charge >= 0.3 is 0 Å². The molecule has 5 heteroatoms. The van der Waals surface area contributed by atoms with Gasteiger partial charge < -0.3 is 10.4 Å². The Labute approximate surface area is 121 Å². The van der Waals surface area contributed by atoms with E-state index >= 15 is 0 Å². The molecule has 18 heavy (non-hydrogen) atoms. The number of phenols is 1. The highest BCUT2D eigenvalue weighted by Gasteiger charge is 2.14. The van der Waals surface area contributed by atoms with Crippen LogP contribution in [0.1, 0.15) is 10.4 Å². The maximum absolute atomic E-state index is 12.0. The summed E-state index contributed by atoms with van der Waals surface area (Å²) in [5.41, 5.74) is 0.888. The van der Waals surface area contributed by atoms with Crippen LogP contribution in [0, 0.1) is 0 Å². The van der Waals surface area contributed by atoms with Crippen molar-refractivity contribution in [3.05, 3.63) is 57.0 Å². The van der Waals surface area contributed by atoms with Crippen molar-refractivity contribution < 1.29 is 9.90 Å². The summed E-state index contributed by atoms with van der Waals surface area (Å²) < 4.78 is 1.49. The van der Waals surface area contributed by atoms with Crippen LogP contribution in [0.3, 0.4) is 0 Å². The molecule has 0 heterocycles.